The summed E-state index contributed by atoms with van der Waals surface area (Å²) in [6.45, 7) is 13.7. The summed E-state index contributed by atoms with van der Waals surface area (Å²) in [7, 11) is 0. The van der Waals surface area contributed by atoms with E-state index in [1.54, 1.807) is 12.1 Å². The zero-order valence-electron chi connectivity index (χ0n) is 17.4. The summed E-state index contributed by atoms with van der Waals surface area (Å²) in [5, 5.41) is 10.9. The normalized spacial score (nSPS) is 15.5. The van der Waals surface area contributed by atoms with Crippen LogP contribution in [0, 0.1) is 24.0 Å². The lowest BCUT2D eigenvalue weighted by atomic mass is 9.87. The molecule has 0 aliphatic carbocycles. The second kappa shape index (κ2) is 7.23. The molecule has 0 bridgehead atoms. The number of nitro groups is 1. The molecule has 1 heterocycles. The minimum absolute atomic E-state index is 0.0102. The molecule has 5 heteroatoms. The number of anilines is 1. The molecule has 1 aliphatic heterocycles. The van der Waals surface area contributed by atoms with Gasteiger partial charge in [0.25, 0.3) is 5.69 Å². The van der Waals surface area contributed by atoms with Gasteiger partial charge in [-0.05, 0) is 82.0 Å². The summed E-state index contributed by atoms with van der Waals surface area (Å²) in [5.41, 5.74) is 7.58. The molecule has 2 aromatic carbocycles. The maximum absolute atomic E-state index is 10.9. The van der Waals surface area contributed by atoms with Gasteiger partial charge in [-0.3, -0.25) is 15.1 Å². The molecule has 0 unspecified atom stereocenters. The van der Waals surface area contributed by atoms with E-state index in [0.717, 1.165) is 28.9 Å². The van der Waals surface area contributed by atoms with Crippen LogP contribution in [0.5, 0.6) is 0 Å². The van der Waals surface area contributed by atoms with Gasteiger partial charge in [0.15, 0.2) is 0 Å². The standard InChI is InChI=1S/C23H27N3O2/c1-7-25-22-11-15(2)18(12-20(22)17(4)13-23(25,5)6)14-24-21-9-8-19(26(27)28)10-16(21)3/h8-14H,7H2,1-6H3. The molecular weight excluding hydrogens is 350 g/mol. The van der Waals surface area contributed by atoms with Crippen molar-refractivity contribution in [1.29, 1.82) is 0 Å². The van der Waals surface area contributed by atoms with Gasteiger partial charge in [-0.2, -0.15) is 0 Å². The van der Waals surface area contributed by atoms with Crippen molar-refractivity contribution in [3.05, 3.63) is 68.8 Å². The SMILES string of the molecule is CCN1c2cc(C)c(C=Nc3ccc([N+](=O)[O-])cc3C)cc2C(C)=CC1(C)C. The Morgan fingerprint density at radius 2 is 1.86 bits per heavy atom. The average molecular weight is 377 g/mol. The summed E-state index contributed by atoms with van der Waals surface area (Å²) in [5.74, 6) is 0. The summed E-state index contributed by atoms with van der Waals surface area (Å²) in [4.78, 5) is 17.5. The van der Waals surface area contributed by atoms with Crippen LogP contribution in [0.15, 0.2) is 41.4 Å². The van der Waals surface area contributed by atoms with E-state index in [-0.39, 0.29) is 16.1 Å². The van der Waals surface area contributed by atoms with E-state index in [1.807, 2.05) is 13.1 Å². The molecule has 1 aliphatic rings. The van der Waals surface area contributed by atoms with Gasteiger partial charge in [-0.1, -0.05) is 6.08 Å². The lowest BCUT2D eigenvalue weighted by Gasteiger charge is -2.43. The lowest BCUT2D eigenvalue weighted by Crippen LogP contribution is -2.45. The minimum Gasteiger partial charge on any atom is -0.363 e. The summed E-state index contributed by atoms with van der Waals surface area (Å²) < 4.78 is 0. The predicted octanol–water partition coefficient (Wildman–Crippen LogP) is 5.98. The highest BCUT2D eigenvalue weighted by Crippen LogP contribution is 2.40. The molecule has 0 saturated carbocycles. The number of benzene rings is 2. The fraction of sp³-hybridized carbons (Fsp3) is 0.348. The molecule has 0 spiro atoms. The van der Waals surface area contributed by atoms with Crippen molar-refractivity contribution in [3.8, 4) is 0 Å². The van der Waals surface area contributed by atoms with E-state index in [2.05, 4.69) is 62.7 Å². The first kappa shape index (κ1) is 19.8. The molecular formula is C23H27N3O2. The van der Waals surface area contributed by atoms with Crippen LogP contribution in [0.2, 0.25) is 0 Å². The number of allylic oxidation sites excluding steroid dienone is 1. The minimum atomic E-state index is -0.385. The second-order valence-electron chi connectivity index (χ2n) is 7.94. The molecule has 0 aromatic heterocycles. The van der Waals surface area contributed by atoms with Crippen LogP contribution < -0.4 is 4.90 Å². The average Bonchev–Trinajstić information content (AvgIpc) is 2.60. The van der Waals surface area contributed by atoms with E-state index in [0.29, 0.717) is 0 Å². The van der Waals surface area contributed by atoms with Crippen molar-refractivity contribution in [2.24, 2.45) is 4.99 Å². The van der Waals surface area contributed by atoms with Crippen molar-refractivity contribution in [2.75, 3.05) is 11.4 Å². The van der Waals surface area contributed by atoms with E-state index in [1.165, 1.54) is 22.9 Å². The molecule has 2 aromatic rings. The van der Waals surface area contributed by atoms with E-state index >= 15 is 0 Å². The van der Waals surface area contributed by atoms with Gasteiger partial charge in [0.05, 0.1) is 16.1 Å². The Balaban J connectivity index is 2.00. The third-order valence-electron chi connectivity index (χ3n) is 5.42. The number of fused-ring (bicyclic) bond motifs is 1. The Hall–Kier alpha value is -2.95. The van der Waals surface area contributed by atoms with Crippen molar-refractivity contribution in [2.45, 2.75) is 47.1 Å². The number of hydrogen-bond donors (Lipinski definition) is 0. The van der Waals surface area contributed by atoms with Crippen molar-refractivity contribution in [3.63, 3.8) is 0 Å². The Bertz CT molecular complexity index is 1000. The van der Waals surface area contributed by atoms with Gasteiger partial charge in [0.2, 0.25) is 0 Å². The maximum Gasteiger partial charge on any atom is 0.269 e. The molecule has 28 heavy (non-hydrogen) atoms. The van der Waals surface area contributed by atoms with Crippen LogP contribution in [0.4, 0.5) is 17.1 Å². The number of likely N-dealkylation sites (N-methyl/N-ethyl adjacent to an activating group) is 1. The highest BCUT2D eigenvalue weighted by Gasteiger charge is 2.30. The number of rotatable bonds is 4. The van der Waals surface area contributed by atoms with Crippen LogP contribution in [0.3, 0.4) is 0 Å². The highest BCUT2D eigenvalue weighted by molar-refractivity contribution is 5.90. The first-order valence-corrected chi connectivity index (χ1v) is 9.55. The lowest BCUT2D eigenvalue weighted by molar-refractivity contribution is -0.384. The topological polar surface area (TPSA) is 58.7 Å². The zero-order valence-corrected chi connectivity index (χ0v) is 17.4. The van der Waals surface area contributed by atoms with Gasteiger partial charge >= 0.3 is 0 Å². The second-order valence-corrected chi connectivity index (χ2v) is 7.94. The maximum atomic E-state index is 10.9. The number of nitrogens with zero attached hydrogens (tertiary/aromatic N) is 3. The smallest absolute Gasteiger partial charge is 0.269 e. The number of nitro benzene ring substituents is 1. The van der Waals surface area contributed by atoms with Crippen molar-refractivity contribution in [1.82, 2.24) is 0 Å². The van der Waals surface area contributed by atoms with Gasteiger partial charge in [-0.15, -0.1) is 0 Å². The number of aryl methyl sites for hydroxylation is 2. The Morgan fingerprint density at radius 3 is 2.46 bits per heavy atom. The molecule has 0 amide bonds. The van der Waals surface area contributed by atoms with Crippen LogP contribution in [-0.2, 0) is 0 Å². The first-order chi connectivity index (χ1) is 13.1. The molecule has 0 radical (unpaired) electrons. The van der Waals surface area contributed by atoms with Gasteiger partial charge in [-0.25, -0.2) is 0 Å². The number of non-ortho nitro benzene ring substituents is 1. The first-order valence-electron chi connectivity index (χ1n) is 9.55. The van der Waals surface area contributed by atoms with Gasteiger partial charge in [0, 0.05) is 36.1 Å². The quantitative estimate of drug-likeness (QED) is 0.374. The van der Waals surface area contributed by atoms with Gasteiger partial charge in [0.1, 0.15) is 0 Å². The van der Waals surface area contributed by atoms with E-state index < -0.39 is 0 Å². The van der Waals surface area contributed by atoms with Crippen LogP contribution in [0.25, 0.3) is 5.57 Å². The summed E-state index contributed by atoms with van der Waals surface area (Å²) in [6, 6.07) is 9.18. The van der Waals surface area contributed by atoms with E-state index in [9.17, 15) is 10.1 Å². The van der Waals surface area contributed by atoms with Crippen molar-refractivity contribution < 1.29 is 4.92 Å². The third-order valence-corrected chi connectivity index (χ3v) is 5.42. The molecule has 0 atom stereocenters. The number of hydrogen-bond acceptors (Lipinski definition) is 4. The van der Waals surface area contributed by atoms with Crippen LogP contribution in [0.1, 0.15) is 49.9 Å². The largest absolute Gasteiger partial charge is 0.363 e. The highest BCUT2D eigenvalue weighted by atomic mass is 16.6. The Kier molecular flexibility index (Phi) is 5.11. The van der Waals surface area contributed by atoms with E-state index in [4.69, 9.17) is 0 Å². The summed E-state index contributed by atoms with van der Waals surface area (Å²) >= 11 is 0. The Morgan fingerprint density at radius 1 is 1.14 bits per heavy atom. The monoisotopic (exact) mass is 377 g/mol. The van der Waals surface area contributed by atoms with Crippen LogP contribution in [-0.4, -0.2) is 23.2 Å². The van der Waals surface area contributed by atoms with Crippen molar-refractivity contribution >= 4 is 28.8 Å². The summed E-state index contributed by atoms with van der Waals surface area (Å²) in [6.07, 6.45) is 4.17. The number of aliphatic imine (C=N–C) groups is 1. The third kappa shape index (κ3) is 3.57. The molecule has 0 saturated heterocycles. The predicted molar refractivity (Wildman–Crippen MR) is 117 cm³/mol. The Labute approximate surface area is 166 Å². The zero-order chi connectivity index (χ0) is 20.6. The van der Waals surface area contributed by atoms with Gasteiger partial charge < -0.3 is 4.90 Å². The van der Waals surface area contributed by atoms with Crippen LogP contribution >= 0.6 is 0 Å². The fourth-order valence-electron chi connectivity index (χ4n) is 4.00. The fourth-order valence-corrected chi connectivity index (χ4v) is 4.00. The molecule has 0 fully saturated rings. The molecule has 146 valence electrons. The molecule has 5 nitrogen and oxygen atoms in total. The molecule has 0 N–H and O–H groups in total. The molecule has 3 rings (SSSR count).